The Morgan fingerprint density at radius 2 is 2.14 bits per heavy atom. The number of imidazole rings is 1. The van der Waals surface area contributed by atoms with E-state index >= 15 is 0 Å². The van der Waals surface area contributed by atoms with Crippen molar-refractivity contribution in [1.82, 2.24) is 24.6 Å². The maximum atomic E-state index is 4.79. The van der Waals surface area contributed by atoms with Crippen LogP contribution in [0.1, 0.15) is 56.2 Å². The first-order valence-electron chi connectivity index (χ1n) is 8.02. The van der Waals surface area contributed by atoms with Crippen molar-refractivity contribution in [3.63, 3.8) is 0 Å². The fourth-order valence-corrected chi connectivity index (χ4v) is 3.28. The van der Waals surface area contributed by atoms with Gasteiger partial charge >= 0.3 is 0 Å². The molecule has 2 aromatic rings. The summed E-state index contributed by atoms with van der Waals surface area (Å²) >= 11 is 0. The lowest BCUT2D eigenvalue weighted by Gasteiger charge is -2.16. The number of hydrogen-bond acceptors (Lipinski definition) is 3. The summed E-state index contributed by atoms with van der Waals surface area (Å²) in [5.41, 5.74) is 1.15. The number of rotatable bonds is 6. The van der Waals surface area contributed by atoms with Gasteiger partial charge in [0.2, 0.25) is 0 Å². The Kier molecular flexibility index (Phi) is 4.39. The number of aryl methyl sites for hydroxylation is 1. The van der Waals surface area contributed by atoms with Crippen molar-refractivity contribution in [2.75, 3.05) is 6.54 Å². The van der Waals surface area contributed by atoms with Gasteiger partial charge in [-0.3, -0.25) is 4.68 Å². The van der Waals surface area contributed by atoms with Crippen LogP contribution in [0.3, 0.4) is 0 Å². The summed E-state index contributed by atoms with van der Waals surface area (Å²) in [5, 5.41) is 8.31. The van der Waals surface area contributed by atoms with Gasteiger partial charge in [-0.25, -0.2) is 4.98 Å². The molecule has 2 heterocycles. The highest BCUT2D eigenvalue weighted by Gasteiger charge is 2.20. The molecule has 21 heavy (non-hydrogen) atoms. The SMILES string of the molecule is CCNC(Cc1ccn(C2CCCC2)n1)c1nccn1C. The summed E-state index contributed by atoms with van der Waals surface area (Å²) in [6.07, 6.45) is 12.1. The van der Waals surface area contributed by atoms with Crippen molar-refractivity contribution in [3.8, 4) is 0 Å². The van der Waals surface area contributed by atoms with Gasteiger partial charge < -0.3 is 9.88 Å². The van der Waals surface area contributed by atoms with Crippen LogP contribution in [0.5, 0.6) is 0 Å². The third kappa shape index (κ3) is 3.18. The lowest BCUT2D eigenvalue weighted by Crippen LogP contribution is -2.26. The molecule has 0 spiro atoms. The summed E-state index contributed by atoms with van der Waals surface area (Å²) in [6, 6.07) is 3.00. The molecule has 0 amide bonds. The molecule has 1 aliphatic carbocycles. The van der Waals surface area contributed by atoms with Crippen LogP contribution in [-0.2, 0) is 13.5 Å². The zero-order valence-corrected chi connectivity index (χ0v) is 13.0. The predicted octanol–water partition coefficient (Wildman–Crippen LogP) is 2.63. The van der Waals surface area contributed by atoms with E-state index in [4.69, 9.17) is 5.10 Å². The van der Waals surface area contributed by atoms with Crippen LogP contribution in [0.15, 0.2) is 24.7 Å². The van der Waals surface area contributed by atoms with E-state index in [0.717, 1.165) is 24.5 Å². The fourth-order valence-electron chi connectivity index (χ4n) is 3.28. The van der Waals surface area contributed by atoms with E-state index in [2.05, 4.69) is 38.7 Å². The quantitative estimate of drug-likeness (QED) is 0.888. The molecule has 0 saturated heterocycles. The van der Waals surface area contributed by atoms with Crippen molar-refractivity contribution in [2.24, 2.45) is 7.05 Å². The molecule has 3 rings (SSSR count). The van der Waals surface area contributed by atoms with E-state index in [1.807, 2.05) is 19.4 Å². The first-order chi connectivity index (χ1) is 10.3. The molecule has 1 N–H and O–H groups in total. The maximum absolute atomic E-state index is 4.79. The van der Waals surface area contributed by atoms with Crippen LogP contribution < -0.4 is 5.32 Å². The van der Waals surface area contributed by atoms with Crippen molar-refractivity contribution < 1.29 is 0 Å². The van der Waals surface area contributed by atoms with E-state index in [9.17, 15) is 0 Å². The molecule has 0 radical (unpaired) electrons. The Morgan fingerprint density at radius 3 is 2.81 bits per heavy atom. The molecule has 0 bridgehead atoms. The molecule has 2 aromatic heterocycles. The summed E-state index contributed by atoms with van der Waals surface area (Å²) in [5.74, 6) is 1.08. The zero-order valence-electron chi connectivity index (χ0n) is 13.0. The summed E-state index contributed by atoms with van der Waals surface area (Å²) in [4.78, 5) is 4.48. The topological polar surface area (TPSA) is 47.7 Å². The van der Waals surface area contributed by atoms with Crippen LogP contribution in [-0.4, -0.2) is 25.9 Å². The van der Waals surface area contributed by atoms with E-state index in [1.165, 1.54) is 25.7 Å². The Morgan fingerprint density at radius 1 is 1.33 bits per heavy atom. The average molecular weight is 287 g/mol. The lowest BCUT2D eigenvalue weighted by atomic mass is 10.1. The largest absolute Gasteiger partial charge is 0.337 e. The van der Waals surface area contributed by atoms with E-state index < -0.39 is 0 Å². The minimum atomic E-state index is 0.224. The molecule has 5 nitrogen and oxygen atoms in total. The molecule has 1 aliphatic rings. The van der Waals surface area contributed by atoms with Crippen LogP contribution in [0.4, 0.5) is 0 Å². The molecule has 114 valence electrons. The second-order valence-electron chi connectivity index (χ2n) is 5.94. The molecule has 5 heteroatoms. The van der Waals surface area contributed by atoms with Gasteiger partial charge in [0.15, 0.2) is 0 Å². The number of aromatic nitrogens is 4. The standard InChI is InChI=1S/C16H25N5/c1-3-17-15(16-18-9-11-20(16)2)12-13-8-10-21(19-13)14-6-4-5-7-14/h8-11,14-15,17H,3-7,12H2,1-2H3. The maximum Gasteiger partial charge on any atom is 0.125 e. The summed E-state index contributed by atoms with van der Waals surface area (Å²) in [6.45, 7) is 3.06. The molecular weight excluding hydrogens is 262 g/mol. The van der Waals surface area contributed by atoms with Crippen molar-refractivity contribution >= 4 is 0 Å². The molecule has 1 fully saturated rings. The molecule has 1 unspecified atom stereocenters. The van der Waals surface area contributed by atoms with Gasteiger partial charge in [0.1, 0.15) is 5.82 Å². The number of hydrogen-bond donors (Lipinski definition) is 1. The molecular formula is C16H25N5. The van der Waals surface area contributed by atoms with Gasteiger partial charge in [-0.2, -0.15) is 5.10 Å². The first-order valence-corrected chi connectivity index (χ1v) is 8.02. The Balaban J connectivity index is 1.72. The van der Waals surface area contributed by atoms with Crippen molar-refractivity contribution in [2.45, 2.75) is 51.1 Å². The second-order valence-corrected chi connectivity index (χ2v) is 5.94. The molecule has 1 saturated carbocycles. The molecule has 0 aromatic carbocycles. The summed E-state index contributed by atoms with van der Waals surface area (Å²) in [7, 11) is 2.05. The zero-order chi connectivity index (χ0) is 14.7. The van der Waals surface area contributed by atoms with Crippen LogP contribution in [0, 0.1) is 0 Å². The monoisotopic (exact) mass is 287 g/mol. The van der Waals surface area contributed by atoms with Crippen LogP contribution in [0.2, 0.25) is 0 Å². The third-order valence-electron chi connectivity index (χ3n) is 4.40. The third-order valence-corrected chi connectivity index (χ3v) is 4.40. The van der Waals surface area contributed by atoms with E-state index in [1.54, 1.807) is 0 Å². The smallest absolute Gasteiger partial charge is 0.125 e. The van der Waals surface area contributed by atoms with Crippen LogP contribution in [0.25, 0.3) is 0 Å². The van der Waals surface area contributed by atoms with Gasteiger partial charge in [-0.15, -0.1) is 0 Å². The highest BCUT2D eigenvalue weighted by molar-refractivity contribution is 5.08. The van der Waals surface area contributed by atoms with Gasteiger partial charge in [0.25, 0.3) is 0 Å². The lowest BCUT2D eigenvalue weighted by molar-refractivity contribution is 0.453. The fraction of sp³-hybridized carbons (Fsp3) is 0.625. The first kappa shape index (κ1) is 14.3. The normalized spacial score (nSPS) is 17.4. The molecule has 0 aliphatic heterocycles. The summed E-state index contributed by atoms with van der Waals surface area (Å²) < 4.78 is 4.26. The number of likely N-dealkylation sites (N-methyl/N-ethyl adjacent to an activating group) is 1. The number of nitrogens with one attached hydrogen (secondary N) is 1. The minimum absolute atomic E-state index is 0.224. The Bertz CT molecular complexity index is 565. The van der Waals surface area contributed by atoms with Gasteiger partial charge in [-0.05, 0) is 25.5 Å². The van der Waals surface area contributed by atoms with Crippen LogP contribution >= 0.6 is 0 Å². The Labute approximate surface area is 126 Å². The van der Waals surface area contributed by atoms with Crippen molar-refractivity contribution in [1.29, 1.82) is 0 Å². The molecule has 1 atom stereocenters. The Hall–Kier alpha value is -1.62. The highest BCUT2D eigenvalue weighted by atomic mass is 15.3. The second kappa shape index (κ2) is 6.43. The minimum Gasteiger partial charge on any atom is -0.337 e. The average Bonchev–Trinajstić information content (AvgIpc) is 3.18. The van der Waals surface area contributed by atoms with Crippen molar-refractivity contribution in [3.05, 3.63) is 36.2 Å². The van der Waals surface area contributed by atoms with E-state index in [0.29, 0.717) is 6.04 Å². The highest BCUT2D eigenvalue weighted by Crippen LogP contribution is 2.29. The van der Waals surface area contributed by atoms with E-state index in [-0.39, 0.29) is 6.04 Å². The van der Waals surface area contributed by atoms with Gasteiger partial charge in [0, 0.05) is 32.1 Å². The van der Waals surface area contributed by atoms with Gasteiger partial charge in [0.05, 0.1) is 17.8 Å². The van der Waals surface area contributed by atoms with Gasteiger partial charge in [-0.1, -0.05) is 19.8 Å². The predicted molar refractivity (Wildman–Crippen MR) is 83.1 cm³/mol. The number of nitrogens with zero attached hydrogens (tertiary/aromatic N) is 4.